The number of rotatable bonds is 3. The zero-order chi connectivity index (χ0) is 14.6. The van der Waals surface area contributed by atoms with E-state index in [-0.39, 0.29) is 5.75 Å². The number of hydrogen-bond donors (Lipinski definition) is 0. The molecule has 0 saturated carbocycles. The molecule has 0 aliphatic rings. The maximum absolute atomic E-state index is 12.3. The fourth-order valence-corrected chi connectivity index (χ4v) is 2.34. The van der Waals surface area contributed by atoms with Gasteiger partial charge in [0.1, 0.15) is 5.75 Å². The summed E-state index contributed by atoms with van der Waals surface area (Å²) in [4.78, 5) is 4.35. The molecule has 6 heteroatoms. The summed E-state index contributed by atoms with van der Waals surface area (Å²) in [5.41, 5.74) is 0.481. The molecule has 0 bridgehead atoms. The van der Waals surface area contributed by atoms with Crippen molar-refractivity contribution in [1.82, 2.24) is 0 Å². The van der Waals surface area contributed by atoms with E-state index >= 15 is 0 Å². The van der Waals surface area contributed by atoms with Crippen LogP contribution in [0.15, 0.2) is 58.3 Å². The highest BCUT2D eigenvalue weighted by molar-refractivity contribution is 7.99. The summed E-state index contributed by atoms with van der Waals surface area (Å²) in [6.45, 7) is 6.84. The van der Waals surface area contributed by atoms with Crippen molar-refractivity contribution in [2.45, 2.75) is 16.2 Å². The molecule has 0 aliphatic carbocycles. The molecule has 0 heterocycles. The van der Waals surface area contributed by atoms with Crippen LogP contribution in [0, 0.1) is 6.57 Å². The van der Waals surface area contributed by atoms with E-state index in [2.05, 4.69) is 9.58 Å². The van der Waals surface area contributed by atoms with Crippen LogP contribution in [-0.4, -0.2) is 6.36 Å². The van der Waals surface area contributed by atoms with Crippen molar-refractivity contribution in [3.63, 3.8) is 0 Å². The third-order valence-corrected chi connectivity index (χ3v) is 3.33. The summed E-state index contributed by atoms with van der Waals surface area (Å²) in [5.74, 6) is -0.237. The van der Waals surface area contributed by atoms with Crippen molar-refractivity contribution < 1.29 is 17.9 Å². The summed E-state index contributed by atoms with van der Waals surface area (Å²) in [5, 5.41) is 0. The lowest BCUT2D eigenvalue weighted by Crippen LogP contribution is -2.17. The Morgan fingerprint density at radius 2 is 1.65 bits per heavy atom. The van der Waals surface area contributed by atoms with Crippen molar-refractivity contribution >= 4 is 17.4 Å². The van der Waals surface area contributed by atoms with Gasteiger partial charge in [0.05, 0.1) is 11.5 Å². The second-order valence-electron chi connectivity index (χ2n) is 3.70. The molecular weight excluding hydrogens is 287 g/mol. The molecule has 0 saturated heterocycles. The lowest BCUT2D eigenvalue weighted by Gasteiger charge is -2.12. The SMILES string of the molecule is [C-]#[N+]c1ccc(Sc2ccccc2OC(F)(F)F)cc1. The topological polar surface area (TPSA) is 13.6 Å². The van der Waals surface area contributed by atoms with E-state index in [0.717, 1.165) is 16.7 Å². The third kappa shape index (κ3) is 3.93. The molecule has 20 heavy (non-hydrogen) atoms. The minimum atomic E-state index is -4.72. The first-order valence-electron chi connectivity index (χ1n) is 5.48. The Morgan fingerprint density at radius 1 is 1.00 bits per heavy atom. The molecule has 0 radical (unpaired) electrons. The first kappa shape index (κ1) is 14.3. The van der Waals surface area contributed by atoms with Gasteiger partial charge in [-0.15, -0.1) is 13.2 Å². The first-order chi connectivity index (χ1) is 9.48. The van der Waals surface area contributed by atoms with Crippen LogP contribution in [-0.2, 0) is 0 Å². The van der Waals surface area contributed by atoms with Gasteiger partial charge in [0.15, 0.2) is 5.69 Å². The number of ether oxygens (including phenoxy) is 1. The van der Waals surface area contributed by atoms with Crippen LogP contribution in [0.25, 0.3) is 4.85 Å². The van der Waals surface area contributed by atoms with Crippen LogP contribution in [0.1, 0.15) is 0 Å². The van der Waals surface area contributed by atoms with Crippen molar-refractivity contribution in [3.05, 3.63) is 59.9 Å². The smallest absolute Gasteiger partial charge is 0.405 e. The molecule has 0 amide bonds. The van der Waals surface area contributed by atoms with Gasteiger partial charge in [-0.2, -0.15) is 0 Å². The summed E-state index contributed by atoms with van der Waals surface area (Å²) >= 11 is 1.15. The van der Waals surface area contributed by atoms with Gasteiger partial charge >= 0.3 is 6.36 Å². The number of halogens is 3. The average molecular weight is 295 g/mol. The fourth-order valence-electron chi connectivity index (χ4n) is 1.46. The largest absolute Gasteiger partial charge is 0.573 e. The van der Waals surface area contributed by atoms with Gasteiger partial charge in [0.2, 0.25) is 0 Å². The summed E-state index contributed by atoms with van der Waals surface area (Å²) in [6, 6.07) is 12.5. The van der Waals surface area contributed by atoms with Crippen LogP contribution in [0.5, 0.6) is 5.75 Å². The molecule has 2 rings (SSSR count). The Morgan fingerprint density at radius 3 is 2.25 bits per heavy atom. The second kappa shape index (κ2) is 5.88. The van der Waals surface area contributed by atoms with Crippen molar-refractivity contribution in [2.24, 2.45) is 0 Å². The molecule has 0 fully saturated rings. The average Bonchev–Trinajstić information content (AvgIpc) is 2.40. The zero-order valence-corrected chi connectivity index (χ0v) is 10.8. The van der Waals surface area contributed by atoms with E-state index in [9.17, 15) is 13.2 Å². The molecular formula is C14H8F3NOS. The minimum Gasteiger partial charge on any atom is -0.405 e. The van der Waals surface area contributed by atoms with Gasteiger partial charge in [-0.1, -0.05) is 48.2 Å². The molecule has 2 nitrogen and oxygen atoms in total. The van der Waals surface area contributed by atoms with Gasteiger partial charge in [0.25, 0.3) is 0 Å². The first-order valence-corrected chi connectivity index (χ1v) is 6.30. The Kier molecular flexibility index (Phi) is 4.20. The summed E-state index contributed by atoms with van der Waals surface area (Å²) in [7, 11) is 0. The Hall–Kier alpha value is -2.13. The minimum absolute atomic E-state index is 0.237. The number of nitrogens with zero attached hydrogens (tertiary/aromatic N) is 1. The third-order valence-electron chi connectivity index (χ3n) is 2.27. The van der Waals surface area contributed by atoms with Crippen LogP contribution in [0.3, 0.4) is 0 Å². The Bertz CT molecular complexity index is 632. The highest BCUT2D eigenvalue weighted by Gasteiger charge is 2.32. The van der Waals surface area contributed by atoms with Crippen molar-refractivity contribution in [3.8, 4) is 5.75 Å². The predicted molar refractivity (Wildman–Crippen MR) is 70.0 cm³/mol. The van der Waals surface area contributed by atoms with Gasteiger partial charge in [-0.3, -0.25) is 0 Å². The van der Waals surface area contributed by atoms with E-state index in [1.807, 2.05) is 0 Å². The highest BCUT2D eigenvalue weighted by Crippen LogP contribution is 2.37. The summed E-state index contributed by atoms with van der Waals surface area (Å²) < 4.78 is 40.9. The van der Waals surface area contributed by atoms with Crippen molar-refractivity contribution in [2.75, 3.05) is 0 Å². The van der Waals surface area contributed by atoms with E-state index in [0.29, 0.717) is 10.6 Å². The van der Waals surface area contributed by atoms with Gasteiger partial charge < -0.3 is 4.74 Å². The normalized spacial score (nSPS) is 10.9. The number of hydrogen-bond acceptors (Lipinski definition) is 2. The monoisotopic (exact) mass is 295 g/mol. The molecule has 2 aromatic rings. The molecule has 2 aromatic carbocycles. The van der Waals surface area contributed by atoms with Gasteiger partial charge in [-0.25, -0.2) is 4.85 Å². The fraction of sp³-hybridized carbons (Fsp3) is 0.0714. The standard InChI is InChI=1S/C14H8F3NOS/c1-18-10-6-8-11(9-7-10)20-13-5-3-2-4-12(13)19-14(15,16)17/h2-9H. The van der Waals surface area contributed by atoms with E-state index in [4.69, 9.17) is 6.57 Å². The van der Waals surface area contributed by atoms with E-state index in [1.165, 1.54) is 12.1 Å². The van der Waals surface area contributed by atoms with Crippen LogP contribution < -0.4 is 4.74 Å². The van der Waals surface area contributed by atoms with Crippen LogP contribution in [0.4, 0.5) is 18.9 Å². The number of benzene rings is 2. The van der Waals surface area contributed by atoms with Crippen molar-refractivity contribution in [1.29, 1.82) is 0 Å². The molecule has 102 valence electrons. The molecule has 0 spiro atoms. The Balaban J connectivity index is 2.22. The van der Waals surface area contributed by atoms with E-state index in [1.54, 1.807) is 36.4 Å². The number of para-hydroxylation sites is 1. The maximum Gasteiger partial charge on any atom is 0.573 e. The predicted octanol–water partition coefficient (Wildman–Crippen LogP) is 5.29. The van der Waals surface area contributed by atoms with Gasteiger partial charge in [0, 0.05) is 4.90 Å². The van der Waals surface area contributed by atoms with Crippen LogP contribution in [0.2, 0.25) is 0 Å². The maximum atomic E-state index is 12.3. The van der Waals surface area contributed by atoms with E-state index < -0.39 is 6.36 Å². The van der Waals surface area contributed by atoms with Crippen LogP contribution >= 0.6 is 11.8 Å². The highest BCUT2D eigenvalue weighted by atomic mass is 32.2. The molecule has 0 atom stereocenters. The second-order valence-corrected chi connectivity index (χ2v) is 4.82. The zero-order valence-electron chi connectivity index (χ0n) is 10.0. The quantitative estimate of drug-likeness (QED) is 0.714. The Labute approximate surface area is 118 Å². The summed E-state index contributed by atoms with van der Waals surface area (Å²) in [6.07, 6.45) is -4.72. The van der Waals surface area contributed by atoms with Gasteiger partial charge in [-0.05, 0) is 12.1 Å². The number of alkyl halides is 3. The lowest BCUT2D eigenvalue weighted by atomic mass is 10.3. The molecule has 0 N–H and O–H groups in total. The molecule has 0 aromatic heterocycles. The lowest BCUT2D eigenvalue weighted by molar-refractivity contribution is -0.275. The molecule has 0 unspecified atom stereocenters. The molecule has 0 aliphatic heterocycles.